The molecule has 0 saturated carbocycles. The highest BCUT2D eigenvalue weighted by Gasteiger charge is 2.25. The normalized spacial score (nSPS) is 12.0. The van der Waals surface area contributed by atoms with Crippen LogP contribution >= 0.6 is 15.9 Å². The largest absolute Gasteiger partial charge is 0.392 e. The summed E-state index contributed by atoms with van der Waals surface area (Å²) in [6.45, 7) is -0.142. The fourth-order valence-electron chi connectivity index (χ4n) is 1.72. The molecule has 0 aliphatic carbocycles. The van der Waals surface area contributed by atoms with Crippen molar-refractivity contribution in [2.75, 3.05) is 7.05 Å². The Kier molecular flexibility index (Phi) is 4.59. The van der Waals surface area contributed by atoms with E-state index < -0.39 is 10.0 Å². The second kappa shape index (κ2) is 6.04. The number of nitrogens with one attached hydrogen (secondary N) is 1. The lowest BCUT2D eigenvalue weighted by molar-refractivity contribution is 0.278. The number of aromatic nitrogens is 2. The number of aliphatic hydroxyl groups excluding tert-OH is 1. The smallest absolute Gasteiger partial charge is 0.260 e. The zero-order valence-electron chi connectivity index (χ0n) is 10.7. The van der Waals surface area contributed by atoms with Crippen LogP contribution in [0.25, 0.3) is 0 Å². The van der Waals surface area contributed by atoms with Crippen molar-refractivity contribution in [3.63, 3.8) is 0 Å². The van der Waals surface area contributed by atoms with E-state index in [-0.39, 0.29) is 23.7 Å². The first-order chi connectivity index (χ1) is 9.45. The number of halogens is 1. The Morgan fingerprint density at radius 3 is 2.60 bits per heavy atom. The van der Waals surface area contributed by atoms with E-state index in [1.165, 1.54) is 17.5 Å². The molecule has 2 aromatic rings. The van der Waals surface area contributed by atoms with Gasteiger partial charge in [0.1, 0.15) is 0 Å². The van der Waals surface area contributed by atoms with Crippen molar-refractivity contribution >= 4 is 26.0 Å². The molecule has 2 N–H and O–H groups in total. The molecule has 20 heavy (non-hydrogen) atoms. The Morgan fingerprint density at radius 2 is 2.00 bits per heavy atom. The summed E-state index contributed by atoms with van der Waals surface area (Å²) in [7, 11) is -2.22. The van der Waals surface area contributed by atoms with E-state index in [9.17, 15) is 8.42 Å². The van der Waals surface area contributed by atoms with Gasteiger partial charge in [-0.15, -0.1) is 0 Å². The quantitative estimate of drug-likeness (QED) is 0.846. The summed E-state index contributed by atoms with van der Waals surface area (Å²) in [4.78, 5) is 0. The maximum atomic E-state index is 12.4. The van der Waals surface area contributed by atoms with Crippen LogP contribution in [-0.4, -0.2) is 35.1 Å². The minimum absolute atomic E-state index is 0.0698. The molecule has 8 heteroatoms. The first-order valence-electron chi connectivity index (χ1n) is 5.79. The van der Waals surface area contributed by atoms with Crippen LogP contribution in [0.3, 0.4) is 0 Å². The van der Waals surface area contributed by atoms with Gasteiger partial charge in [-0.2, -0.15) is 9.40 Å². The molecule has 1 aromatic heterocycles. The lowest BCUT2D eigenvalue weighted by Gasteiger charge is -2.16. The monoisotopic (exact) mass is 359 g/mol. The number of rotatable bonds is 5. The van der Waals surface area contributed by atoms with Gasteiger partial charge in [-0.25, -0.2) is 8.42 Å². The number of benzene rings is 1. The topological polar surface area (TPSA) is 86.3 Å². The van der Waals surface area contributed by atoms with Gasteiger partial charge in [0, 0.05) is 23.6 Å². The Hall–Kier alpha value is -1.22. The zero-order chi connectivity index (χ0) is 14.8. The van der Waals surface area contributed by atoms with Crippen molar-refractivity contribution in [3.8, 4) is 0 Å². The highest BCUT2D eigenvalue weighted by Crippen LogP contribution is 2.19. The van der Waals surface area contributed by atoms with Gasteiger partial charge >= 0.3 is 0 Å². The molecule has 0 saturated heterocycles. The van der Waals surface area contributed by atoms with E-state index in [4.69, 9.17) is 5.11 Å². The lowest BCUT2D eigenvalue weighted by Crippen LogP contribution is -2.27. The first kappa shape index (κ1) is 15.2. The number of H-pyrrole nitrogens is 1. The van der Waals surface area contributed by atoms with Gasteiger partial charge in [-0.3, -0.25) is 5.10 Å². The summed E-state index contributed by atoms with van der Waals surface area (Å²) in [6, 6.07) is 7.39. The molecular formula is C12H14BrN3O3S. The molecular weight excluding hydrogens is 346 g/mol. The van der Waals surface area contributed by atoms with Gasteiger partial charge in [-0.05, 0) is 17.7 Å². The number of hydrogen-bond donors (Lipinski definition) is 2. The molecule has 0 bridgehead atoms. The average Bonchev–Trinajstić information content (AvgIpc) is 2.90. The summed E-state index contributed by atoms with van der Waals surface area (Å²) >= 11 is 3.33. The second-order valence-electron chi connectivity index (χ2n) is 4.27. The van der Waals surface area contributed by atoms with Crippen molar-refractivity contribution in [3.05, 3.63) is 46.1 Å². The molecule has 2 rings (SSSR count). The third-order valence-corrected chi connectivity index (χ3v) is 5.18. The minimum Gasteiger partial charge on any atom is -0.392 e. The lowest BCUT2D eigenvalue weighted by atomic mass is 10.2. The summed E-state index contributed by atoms with van der Waals surface area (Å²) in [5.41, 5.74) is 1.12. The maximum Gasteiger partial charge on any atom is 0.260 e. The van der Waals surface area contributed by atoms with E-state index in [1.54, 1.807) is 0 Å². The molecule has 6 nitrogen and oxygen atoms in total. The third-order valence-electron chi connectivity index (χ3n) is 2.84. The van der Waals surface area contributed by atoms with Gasteiger partial charge in [0.2, 0.25) is 0 Å². The van der Waals surface area contributed by atoms with Crippen LogP contribution < -0.4 is 0 Å². The van der Waals surface area contributed by atoms with Gasteiger partial charge in [0.05, 0.1) is 12.8 Å². The van der Waals surface area contributed by atoms with E-state index >= 15 is 0 Å². The predicted molar refractivity (Wildman–Crippen MR) is 77.3 cm³/mol. The molecule has 0 unspecified atom stereocenters. The molecule has 0 radical (unpaired) electrons. The van der Waals surface area contributed by atoms with Crippen LogP contribution in [0.1, 0.15) is 11.1 Å². The van der Waals surface area contributed by atoms with Crippen molar-refractivity contribution in [1.82, 2.24) is 14.5 Å². The van der Waals surface area contributed by atoms with E-state index in [0.29, 0.717) is 0 Å². The Morgan fingerprint density at radius 1 is 1.35 bits per heavy atom. The average molecular weight is 360 g/mol. The van der Waals surface area contributed by atoms with Crippen molar-refractivity contribution < 1.29 is 13.5 Å². The standard InChI is InChI=1S/C12H14BrN3O3S/c1-16(7-9-2-4-11(13)5-3-9)20(18,19)12-10(8-17)6-14-15-12/h2-6,17H,7-8H2,1H3,(H,14,15). The highest BCUT2D eigenvalue weighted by atomic mass is 79.9. The number of nitrogens with zero attached hydrogens (tertiary/aromatic N) is 2. The summed E-state index contributed by atoms with van der Waals surface area (Å²) in [5.74, 6) is 0. The summed E-state index contributed by atoms with van der Waals surface area (Å²) < 4.78 is 26.9. The molecule has 0 aliphatic rings. The summed E-state index contributed by atoms with van der Waals surface area (Å²) in [5, 5.41) is 15.1. The Labute approximate surface area is 125 Å². The van der Waals surface area contributed by atoms with E-state index in [1.807, 2.05) is 24.3 Å². The van der Waals surface area contributed by atoms with Crippen LogP contribution in [0.2, 0.25) is 0 Å². The second-order valence-corrected chi connectivity index (χ2v) is 7.17. The molecule has 1 heterocycles. The zero-order valence-corrected chi connectivity index (χ0v) is 13.1. The van der Waals surface area contributed by atoms with E-state index in [2.05, 4.69) is 26.1 Å². The van der Waals surface area contributed by atoms with Crippen LogP contribution in [0.4, 0.5) is 0 Å². The number of sulfonamides is 1. The van der Waals surface area contributed by atoms with Crippen LogP contribution in [0, 0.1) is 0 Å². The predicted octanol–water partition coefficient (Wildman–Crippen LogP) is 1.49. The highest BCUT2D eigenvalue weighted by molar-refractivity contribution is 9.10. The third kappa shape index (κ3) is 3.09. The first-order valence-corrected chi connectivity index (χ1v) is 8.02. The van der Waals surface area contributed by atoms with Crippen molar-refractivity contribution in [1.29, 1.82) is 0 Å². The van der Waals surface area contributed by atoms with Gasteiger partial charge < -0.3 is 5.11 Å². The number of aliphatic hydroxyl groups is 1. The maximum absolute atomic E-state index is 12.4. The molecule has 108 valence electrons. The Balaban J connectivity index is 2.23. The van der Waals surface area contributed by atoms with Gasteiger partial charge in [-0.1, -0.05) is 28.1 Å². The molecule has 0 atom stereocenters. The SMILES string of the molecule is CN(Cc1ccc(Br)cc1)S(=O)(=O)c1[nH]ncc1CO. The van der Waals surface area contributed by atoms with Crippen LogP contribution in [-0.2, 0) is 23.2 Å². The molecule has 0 amide bonds. The fourth-order valence-corrected chi connectivity index (χ4v) is 3.23. The van der Waals surface area contributed by atoms with Crippen LogP contribution in [0.15, 0.2) is 40.0 Å². The van der Waals surface area contributed by atoms with Gasteiger partial charge in [0.15, 0.2) is 5.03 Å². The molecule has 0 aliphatic heterocycles. The fraction of sp³-hybridized carbons (Fsp3) is 0.250. The Bertz CT molecular complexity index is 682. The van der Waals surface area contributed by atoms with Crippen LogP contribution in [0.5, 0.6) is 0 Å². The minimum atomic E-state index is -3.70. The molecule has 1 aromatic carbocycles. The van der Waals surface area contributed by atoms with Crippen molar-refractivity contribution in [2.24, 2.45) is 0 Å². The molecule has 0 spiro atoms. The number of hydrogen-bond acceptors (Lipinski definition) is 4. The van der Waals surface area contributed by atoms with Crippen molar-refractivity contribution in [2.45, 2.75) is 18.2 Å². The number of aromatic amines is 1. The summed E-state index contributed by atoms with van der Waals surface area (Å²) in [6.07, 6.45) is 1.31. The molecule has 0 fully saturated rings. The van der Waals surface area contributed by atoms with Gasteiger partial charge in [0.25, 0.3) is 10.0 Å². The van der Waals surface area contributed by atoms with E-state index in [0.717, 1.165) is 10.0 Å².